The molecule has 0 radical (unpaired) electrons. The second-order valence-corrected chi connectivity index (χ2v) is 8.13. The molecule has 4 rings (SSSR count). The van der Waals surface area contributed by atoms with Gasteiger partial charge in [-0.15, -0.1) is 0 Å². The van der Waals surface area contributed by atoms with E-state index in [0.29, 0.717) is 50.0 Å². The molecule has 1 aliphatic rings. The minimum absolute atomic E-state index is 0.000763. The molecule has 0 bridgehead atoms. The Morgan fingerprint density at radius 2 is 1.81 bits per heavy atom. The lowest BCUT2D eigenvalue weighted by atomic mass is 10.2. The summed E-state index contributed by atoms with van der Waals surface area (Å²) in [4.78, 5) is 12.1. The molecule has 0 aliphatic carbocycles. The van der Waals surface area contributed by atoms with Gasteiger partial charge in [-0.2, -0.15) is 18.3 Å². The van der Waals surface area contributed by atoms with Crippen LogP contribution in [0.4, 0.5) is 19.0 Å². The van der Waals surface area contributed by atoms with Gasteiger partial charge in [-0.3, -0.25) is 9.88 Å². The van der Waals surface area contributed by atoms with Crippen LogP contribution < -0.4 is 4.90 Å². The van der Waals surface area contributed by atoms with Crippen LogP contribution in [-0.4, -0.2) is 55.4 Å². The van der Waals surface area contributed by atoms with Gasteiger partial charge >= 0.3 is 6.18 Å². The summed E-state index contributed by atoms with van der Waals surface area (Å²) in [6.45, 7) is 5.74. The van der Waals surface area contributed by atoms with Crippen LogP contribution in [0, 0.1) is 4.77 Å². The maximum atomic E-state index is 12.9. The molecule has 0 saturated carbocycles. The van der Waals surface area contributed by atoms with Crippen LogP contribution in [0.3, 0.4) is 0 Å². The molecule has 7 nitrogen and oxygen atoms in total. The van der Waals surface area contributed by atoms with Gasteiger partial charge in [0.15, 0.2) is 10.6 Å². The molecule has 1 saturated heterocycles. The van der Waals surface area contributed by atoms with E-state index >= 15 is 0 Å². The fraction of sp³-hybridized carbons (Fsp3) is 0.400. The van der Waals surface area contributed by atoms with E-state index in [1.165, 1.54) is 0 Å². The Kier molecular flexibility index (Phi) is 6.50. The zero-order chi connectivity index (χ0) is 22.9. The first-order valence-corrected chi connectivity index (χ1v) is 10.8. The van der Waals surface area contributed by atoms with Gasteiger partial charge in [0.1, 0.15) is 5.82 Å². The number of aromatic nitrogens is 5. The molecule has 0 amide bonds. The molecule has 0 atom stereocenters. The first kappa shape index (κ1) is 22.7. The molecule has 0 aromatic carbocycles. The second-order valence-electron chi connectivity index (χ2n) is 7.36. The molecule has 0 spiro atoms. The molecule has 3 aromatic heterocycles. The van der Waals surface area contributed by atoms with E-state index in [1.54, 1.807) is 17.1 Å². The summed E-state index contributed by atoms with van der Waals surface area (Å²) >= 11 is 11.7. The topological polar surface area (TPSA) is 55.0 Å². The predicted octanol–water partition coefficient (Wildman–Crippen LogP) is 4.34. The van der Waals surface area contributed by atoms with Gasteiger partial charge in [-0.25, -0.2) is 9.67 Å². The van der Waals surface area contributed by atoms with Crippen molar-refractivity contribution in [3.8, 4) is 11.4 Å². The highest BCUT2D eigenvalue weighted by Gasteiger charge is 2.32. The summed E-state index contributed by atoms with van der Waals surface area (Å²) in [6.07, 6.45) is -0.205. The minimum Gasteiger partial charge on any atom is -0.353 e. The number of rotatable bonds is 5. The first-order valence-electron chi connectivity index (χ1n) is 10.1. The van der Waals surface area contributed by atoms with Crippen LogP contribution in [0.1, 0.15) is 12.5 Å². The quantitative estimate of drug-likeness (QED) is 0.503. The van der Waals surface area contributed by atoms with Gasteiger partial charge < -0.3 is 9.47 Å². The van der Waals surface area contributed by atoms with E-state index in [1.807, 2.05) is 28.5 Å². The van der Waals surface area contributed by atoms with Gasteiger partial charge in [-0.1, -0.05) is 11.6 Å². The van der Waals surface area contributed by atoms with E-state index in [2.05, 4.69) is 14.9 Å². The summed E-state index contributed by atoms with van der Waals surface area (Å²) in [5.41, 5.74) is 0.0929. The maximum Gasteiger partial charge on any atom is 0.417 e. The summed E-state index contributed by atoms with van der Waals surface area (Å²) in [6, 6.07) is 4.72. The highest BCUT2D eigenvalue weighted by molar-refractivity contribution is 7.71. The molecule has 170 valence electrons. The Balaban J connectivity index is 1.45. The summed E-state index contributed by atoms with van der Waals surface area (Å²) in [7, 11) is 0. The van der Waals surface area contributed by atoms with E-state index < -0.39 is 11.7 Å². The average molecular weight is 484 g/mol. The molecule has 1 fully saturated rings. The van der Waals surface area contributed by atoms with Crippen molar-refractivity contribution in [2.45, 2.75) is 26.3 Å². The van der Waals surface area contributed by atoms with Crippen molar-refractivity contribution in [1.82, 2.24) is 29.2 Å². The predicted molar refractivity (Wildman–Crippen MR) is 118 cm³/mol. The van der Waals surface area contributed by atoms with Gasteiger partial charge in [0.25, 0.3) is 0 Å². The van der Waals surface area contributed by atoms with Crippen molar-refractivity contribution < 1.29 is 13.2 Å². The molecule has 1 aliphatic heterocycles. The highest BCUT2D eigenvalue weighted by atomic mass is 35.5. The molecule has 12 heteroatoms. The average Bonchev–Trinajstić information content (AvgIpc) is 3.09. The number of halogens is 4. The molecule has 3 aromatic rings. The lowest BCUT2D eigenvalue weighted by molar-refractivity contribution is -0.137. The monoisotopic (exact) mass is 483 g/mol. The number of pyridine rings is 2. The molecular formula is C20H21ClF3N7S. The molecule has 0 N–H and O–H groups in total. The molecular weight excluding hydrogens is 463 g/mol. The molecule has 4 heterocycles. The van der Waals surface area contributed by atoms with Crippen LogP contribution in [0.25, 0.3) is 11.4 Å². The molecule has 32 heavy (non-hydrogen) atoms. The Labute approximate surface area is 193 Å². The third-order valence-corrected chi connectivity index (χ3v) is 6.04. The van der Waals surface area contributed by atoms with Crippen LogP contribution in [0.15, 0.2) is 36.8 Å². The fourth-order valence-corrected chi connectivity index (χ4v) is 4.24. The SMILES string of the molecule is CCn1c(-c2ccncc2)nn(CN2CCN(c3ncc(C(F)(F)F)cc3Cl)CC2)c1=S. The summed E-state index contributed by atoms with van der Waals surface area (Å²) < 4.78 is 43.0. The number of hydrogen-bond donors (Lipinski definition) is 0. The van der Waals surface area contributed by atoms with Crippen molar-refractivity contribution in [2.24, 2.45) is 0 Å². The van der Waals surface area contributed by atoms with E-state index in [4.69, 9.17) is 28.9 Å². The third kappa shape index (κ3) is 4.64. The molecule has 0 unspecified atom stereocenters. The van der Waals surface area contributed by atoms with Crippen LogP contribution in [0.5, 0.6) is 0 Å². The van der Waals surface area contributed by atoms with E-state index in [9.17, 15) is 13.2 Å². The number of nitrogens with zero attached hydrogens (tertiary/aromatic N) is 7. The van der Waals surface area contributed by atoms with Crippen molar-refractivity contribution in [3.63, 3.8) is 0 Å². The van der Waals surface area contributed by atoms with E-state index in [-0.39, 0.29) is 5.02 Å². The zero-order valence-electron chi connectivity index (χ0n) is 17.3. The second kappa shape index (κ2) is 9.16. The first-order chi connectivity index (χ1) is 15.3. The zero-order valence-corrected chi connectivity index (χ0v) is 18.8. The minimum atomic E-state index is -4.47. The van der Waals surface area contributed by atoms with E-state index in [0.717, 1.165) is 23.7 Å². The standard InChI is InChI=1S/C20H21ClF3N7S/c1-2-30-17(14-3-5-25-6-4-14)27-31(19(30)32)13-28-7-9-29(10-8-28)18-16(21)11-15(12-26-18)20(22,23)24/h3-6,11-12H,2,7-10,13H2,1H3. The number of anilines is 1. The van der Waals surface area contributed by atoms with Crippen molar-refractivity contribution in [3.05, 3.63) is 52.1 Å². The Morgan fingerprint density at radius 3 is 2.41 bits per heavy atom. The largest absolute Gasteiger partial charge is 0.417 e. The van der Waals surface area contributed by atoms with Crippen LogP contribution in [0.2, 0.25) is 5.02 Å². The lowest BCUT2D eigenvalue weighted by Crippen LogP contribution is -2.47. The highest BCUT2D eigenvalue weighted by Crippen LogP contribution is 2.33. The third-order valence-electron chi connectivity index (χ3n) is 5.33. The van der Waals surface area contributed by atoms with Crippen molar-refractivity contribution in [1.29, 1.82) is 0 Å². The number of piperazine rings is 1. The maximum absolute atomic E-state index is 12.9. The fourth-order valence-electron chi connectivity index (χ4n) is 3.64. The van der Waals surface area contributed by atoms with Crippen LogP contribution in [-0.2, 0) is 19.4 Å². The summed E-state index contributed by atoms with van der Waals surface area (Å²) in [5.74, 6) is 1.16. The van der Waals surface area contributed by atoms with Gasteiger partial charge in [0.05, 0.1) is 17.3 Å². The normalized spacial score (nSPS) is 15.3. The smallest absolute Gasteiger partial charge is 0.353 e. The van der Waals surface area contributed by atoms with Crippen molar-refractivity contribution >= 4 is 29.6 Å². The van der Waals surface area contributed by atoms with Gasteiger partial charge in [0.2, 0.25) is 0 Å². The summed E-state index contributed by atoms with van der Waals surface area (Å²) in [5, 5.41) is 4.72. The van der Waals surface area contributed by atoms with Crippen molar-refractivity contribution in [2.75, 3.05) is 31.1 Å². The number of alkyl halides is 3. The Hall–Kier alpha value is -2.50. The van der Waals surface area contributed by atoms with Gasteiger partial charge in [0, 0.05) is 56.9 Å². The Bertz CT molecular complexity index is 1140. The van der Waals surface area contributed by atoms with Gasteiger partial charge in [-0.05, 0) is 37.3 Å². The van der Waals surface area contributed by atoms with Crippen LogP contribution >= 0.6 is 23.8 Å². The Morgan fingerprint density at radius 1 is 1.12 bits per heavy atom. The number of hydrogen-bond acceptors (Lipinski definition) is 6. The lowest BCUT2D eigenvalue weighted by Gasteiger charge is -2.35.